The largest absolute Gasteiger partial charge is 0.480 e. The van der Waals surface area contributed by atoms with Gasteiger partial charge in [-0.05, 0) is 32.1 Å². The Bertz CT molecular complexity index is 621. The van der Waals surface area contributed by atoms with Crippen LogP contribution in [0.4, 0.5) is 0 Å². The molecule has 10 N–H and O–H groups in total. The van der Waals surface area contributed by atoms with Crippen molar-refractivity contribution in [3.05, 3.63) is 0 Å². The molecule has 1 aliphatic heterocycles. The summed E-state index contributed by atoms with van der Waals surface area (Å²) < 4.78 is 0. The third-order valence-corrected chi connectivity index (χ3v) is 4.42. The Morgan fingerprint density at radius 3 is 2.43 bits per heavy atom. The SMILES string of the molecule is NC(=O)CCC(N)C(=O)NC(CCCN=C(N)N)C(=O)N1CCCC1C(=O)O. The Kier molecular flexibility index (Phi) is 9.15. The molecule has 0 aliphatic carbocycles. The van der Waals surface area contributed by atoms with Crippen LogP contribution in [0.1, 0.15) is 38.5 Å². The van der Waals surface area contributed by atoms with Crippen LogP contribution >= 0.6 is 0 Å². The summed E-state index contributed by atoms with van der Waals surface area (Å²) in [7, 11) is 0. The molecule has 0 bridgehead atoms. The first-order chi connectivity index (χ1) is 13.1. The van der Waals surface area contributed by atoms with E-state index in [4.69, 9.17) is 22.9 Å². The van der Waals surface area contributed by atoms with Gasteiger partial charge in [0.2, 0.25) is 17.7 Å². The lowest BCUT2D eigenvalue weighted by molar-refractivity contribution is -0.149. The van der Waals surface area contributed by atoms with E-state index >= 15 is 0 Å². The molecule has 158 valence electrons. The van der Waals surface area contributed by atoms with Crippen molar-refractivity contribution in [2.75, 3.05) is 13.1 Å². The van der Waals surface area contributed by atoms with Gasteiger partial charge in [-0.2, -0.15) is 0 Å². The van der Waals surface area contributed by atoms with Crippen LogP contribution in [-0.2, 0) is 19.2 Å². The number of carboxylic acids is 1. The van der Waals surface area contributed by atoms with Gasteiger partial charge in [-0.3, -0.25) is 19.4 Å². The number of primary amides is 1. The molecule has 0 aromatic rings. The van der Waals surface area contributed by atoms with Gasteiger partial charge in [0.05, 0.1) is 6.04 Å². The van der Waals surface area contributed by atoms with Crippen molar-refractivity contribution in [3.63, 3.8) is 0 Å². The molecule has 1 rings (SSSR count). The van der Waals surface area contributed by atoms with E-state index in [0.717, 1.165) is 0 Å². The minimum atomic E-state index is -1.09. The van der Waals surface area contributed by atoms with Crippen molar-refractivity contribution >= 4 is 29.7 Å². The normalized spacial score (nSPS) is 18.2. The van der Waals surface area contributed by atoms with Gasteiger partial charge in [-0.15, -0.1) is 0 Å². The molecule has 28 heavy (non-hydrogen) atoms. The molecular weight excluding hydrogens is 370 g/mol. The van der Waals surface area contributed by atoms with E-state index in [9.17, 15) is 24.3 Å². The van der Waals surface area contributed by atoms with Crippen LogP contribution in [0.3, 0.4) is 0 Å². The number of carboxylic acid groups (broad SMARTS) is 1. The van der Waals surface area contributed by atoms with Gasteiger partial charge in [0, 0.05) is 19.5 Å². The number of rotatable bonds is 11. The quantitative estimate of drug-likeness (QED) is 0.121. The highest BCUT2D eigenvalue weighted by molar-refractivity contribution is 5.92. The first-order valence-corrected chi connectivity index (χ1v) is 9.06. The maximum absolute atomic E-state index is 12.9. The highest BCUT2D eigenvalue weighted by Crippen LogP contribution is 2.19. The van der Waals surface area contributed by atoms with Gasteiger partial charge in [0.25, 0.3) is 0 Å². The molecule has 3 amide bonds. The minimum absolute atomic E-state index is 0.0392. The zero-order chi connectivity index (χ0) is 21.3. The predicted molar refractivity (Wildman–Crippen MR) is 101 cm³/mol. The van der Waals surface area contributed by atoms with Crippen LogP contribution < -0.4 is 28.3 Å². The molecule has 1 fully saturated rings. The fourth-order valence-corrected chi connectivity index (χ4v) is 2.96. The van der Waals surface area contributed by atoms with Gasteiger partial charge in [-0.1, -0.05) is 0 Å². The fraction of sp³-hybridized carbons (Fsp3) is 0.688. The Morgan fingerprint density at radius 2 is 1.86 bits per heavy atom. The molecule has 0 aromatic heterocycles. The van der Waals surface area contributed by atoms with Gasteiger partial charge in [0.1, 0.15) is 12.1 Å². The summed E-state index contributed by atoms with van der Waals surface area (Å²) in [6.07, 6.45) is 1.48. The standard InChI is InChI=1S/C16H29N7O5/c17-9(5-6-12(18)24)13(25)22-10(3-1-7-21-16(19)20)14(26)23-8-2-4-11(23)15(27)28/h9-11H,1-8,17H2,(H2,18,24)(H,22,25)(H,27,28)(H4,19,20,21). The van der Waals surface area contributed by atoms with Crippen LogP contribution in [-0.4, -0.2) is 70.9 Å². The van der Waals surface area contributed by atoms with Crippen molar-refractivity contribution in [1.82, 2.24) is 10.2 Å². The summed E-state index contributed by atoms with van der Waals surface area (Å²) in [6.45, 7) is 0.544. The lowest BCUT2D eigenvalue weighted by atomic mass is 10.1. The van der Waals surface area contributed by atoms with Crippen molar-refractivity contribution in [1.29, 1.82) is 0 Å². The fourth-order valence-electron chi connectivity index (χ4n) is 2.96. The summed E-state index contributed by atoms with van der Waals surface area (Å²) in [4.78, 5) is 52.4. The molecule has 0 aromatic carbocycles. The van der Waals surface area contributed by atoms with E-state index in [1.165, 1.54) is 4.90 Å². The second kappa shape index (κ2) is 11.1. The number of amides is 3. The minimum Gasteiger partial charge on any atom is -0.480 e. The van der Waals surface area contributed by atoms with E-state index < -0.39 is 41.8 Å². The number of hydrogen-bond donors (Lipinski definition) is 6. The van der Waals surface area contributed by atoms with Crippen LogP contribution in [0, 0.1) is 0 Å². The molecule has 3 unspecified atom stereocenters. The van der Waals surface area contributed by atoms with Gasteiger partial charge < -0.3 is 38.3 Å². The third kappa shape index (κ3) is 7.39. The second-order valence-corrected chi connectivity index (χ2v) is 6.65. The maximum atomic E-state index is 12.9. The van der Waals surface area contributed by atoms with E-state index in [1.54, 1.807) is 0 Å². The molecule has 12 nitrogen and oxygen atoms in total. The van der Waals surface area contributed by atoms with Crippen LogP contribution in [0.25, 0.3) is 0 Å². The summed E-state index contributed by atoms with van der Waals surface area (Å²) >= 11 is 0. The van der Waals surface area contributed by atoms with Crippen molar-refractivity contribution in [3.8, 4) is 0 Å². The number of likely N-dealkylation sites (tertiary alicyclic amines) is 1. The topological polar surface area (TPSA) is 220 Å². The number of carbonyl (C=O) groups excluding carboxylic acids is 3. The monoisotopic (exact) mass is 399 g/mol. The van der Waals surface area contributed by atoms with Gasteiger partial charge >= 0.3 is 5.97 Å². The Labute approximate surface area is 162 Å². The highest BCUT2D eigenvalue weighted by Gasteiger charge is 2.37. The van der Waals surface area contributed by atoms with Crippen molar-refractivity contribution < 1.29 is 24.3 Å². The number of aliphatic carboxylic acids is 1. The number of nitrogens with one attached hydrogen (secondary N) is 1. The average Bonchev–Trinajstić information content (AvgIpc) is 3.11. The van der Waals surface area contributed by atoms with Crippen molar-refractivity contribution in [2.45, 2.75) is 56.7 Å². The summed E-state index contributed by atoms with van der Waals surface area (Å²) in [5.74, 6) is -2.88. The Hall–Kier alpha value is -2.89. The van der Waals surface area contributed by atoms with Crippen LogP contribution in [0.2, 0.25) is 0 Å². The maximum Gasteiger partial charge on any atom is 0.326 e. The lowest BCUT2D eigenvalue weighted by Gasteiger charge is -2.28. The number of carbonyl (C=O) groups is 4. The molecule has 1 aliphatic rings. The summed E-state index contributed by atoms with van der Waals surface area (Å²) in [5, 5.41) is 11.8. The van der Waals surface area contributed by atoms with Crippen molar-refractivity contribution in [2.24, 2.45) is 27.9 Å². The van der Waals surface area contributed by atoms with Crippen LogP contribution in [0.5, 0.6) is 0 Å². The summed E-state index contributed by atoms with van der Waals surface area (Å²) in [5.41, 5.74) is 21.3. The molecule has 12 heteroatoms. The zero-order valence-electron chi connectivity index (χ0n) is 15.7. The predicted octanol–water partition coefficient (Wildman–Crippen LogP) is -2.81. The van der Waals surface area contributed by atoms with E-state index in [1.807, 2.05) is 0 Å². The number of nitrogens with two attached hydrogens (primary N) is 4. The number of hydrogen-bond acceptors (Lipinski definition) is 6. The molecule has 3 atom stereocenters. The smallest absolute Gasteiger partial charge is 0.326 e. The molecular formula is C16H29N7O5. The Morgan fingerprint density at radius 1 is 1.18 bits per heavy atom. The summed E-state index contributed by atoms with van der Waals surface area (Å²) in [6, 6.07) is -2.91. The van der Waals surface area contributed by atoms with Crippen LogP contribution in [0.15, 0.2) is 4.99 Å². The average molecular weight is 399 g/mol. The van der Waals surface area contributed by atoms with E-state index in [-0.39, 0.29) is 31.8 Å². The van der Waals surface area contributed by atoms with Gasteiger partial charge in [0.15, 0.2) is 5.96 Å². The molecule has 0 radical (unpaired) electrons. The first-order valence-electron chi connectivity index (χ1n) is 9.06. The number of nitrogens with zero attached hydrogens (tertiary/aromatic N) is 2. The molecule has 0 spiro atoms. The second-order valence-electron chi connectivity index (χ2n) is 6.65. The molecule has 1 heterocycles. The van der Waals surface area contributed by atoms with E-state index in [2.05, 4.69) is 10.3 Å². The molecule has 0 saturated carbocycles. The van der Waals surface area contributed by atoms with E-state index in [0.29, 0.717) is 25.8 Å². The van der Waals surface area contributed by atoms with Gasteiger partial charge in [-0.25, -0.2) is 4.79 Å². The molecule has 1 saturated heterocycles. The Balaban J connectivity index is 2.81. The highest BCUT2D eigenvalue weighted by atomic mass is 16.4. The number of aliphatic imine (C=N–C) groups is 1. The lowest BCUT2D eigenvalue weighted by Crippen LogP contribution is -2.54. The number of guanidine groups is 1. The first kappa shape index (κ1) is 23.1. The third-order valence-electron chi connectivity index (χ3n) is 4.42. The zero-order valence-corrected chi connectivity index (χ0v) is 15.7.